The van der Waals surface area contributed by atoms with Gasteiger partial charge in [-0.1, -0.05) is 24.3 Å². The molecule has 0 N–H and O–H groups in total. The highest BCUT2D eigenvalue weighted by atomic mass is 16.2. The number of carbonyl (C=O) groups excluding carboxylic acids is 2. The summed E-state index contributed by atoms with van der Waals surface area (Å²) in [4.78, 5) is 33.3. The highest BCUT2D eigenvalue weighted by Crippen LogP contribution is 2.17. The van der Waals surface area contributed by atoms with Gasteiger partial charge < -0.3 is 9.80 Å². The van der Waals surface area contributed by atoms with Crippen LogP contribution in [0.5, 0.6) is 0 Å². The minimum absolute atomic E-state index is 0.0860. The summed E-state index contributed by atoms with van der Waals surface area (Å²) >= 11 is 0. The van der Waals surface area contributed by atoms with E-state index >= 15 is 0 Å². The van der Waals surface area contributed by atoms with Crippen molar-refractivity contribution in [1.82, 2.24) is 9.88 Å². The second-order valence-electron chi connectivity index (χ2n) is 6.15. The number of piperidine rings is 1. The second-order valence-corrected chi connectivity index (χ2v) is 6.15. The van der Waals surface area contributed by atoms with E-state index in [-0.39, 0.29) is 11.8 Å². The third-order valence-corrected chi connectivity index (χ3v) is 4.46. The van der Waals surface area contributed by atoms with Gasteiger partial charge in [0, 0.05) is 25.3 Å². The number of aromatic nitrogens is 1. The second kappa shape index (κ2) is 7.92. The van der Waals surface area contributed by atoms with Gasteiger partial charge in [-0.25, -0.2) is 4.98 Å². The summed E-state index contributed by atoms with van der Waals surface area (Å²) in [7, 11) is 0. The Balaban J connectivity index is 1.82. The summed E-state index contributed by atoms with van der Waals surface area (Å²) in [5, 5.41) is 0. The summed E-state index contributed by atoms with van der Waals surface area (Å²) in [6.45, 7) is 4.00. The van der Waals surface area contributed by atoms with Crippen molar-refractivity contribution >= 4 is 17.5 Å². The molecule has 1 fully saturated rings. The molecule has 1 aliphatic heterocycles. The molecule has 1 aliphatic rings. The first-order valence-corrected chi connectivity index (χ1v) is 8.84. The molecule has 0 spiro atoms. The molecule has 0 unspecified atom stereocenters. The van der Waals surface area contributed by atoms with Crippen molar-refractivity contribution < 1.29 is 9.59 Å². The van der Waals surface area contributed by atoms with Crippen molar-refractivity contribution in [3.8, 4) is 0 Å². The molecule has 3 rings (SSSR count). The van der Waals surface area contributed by atoms with Crippen LogP contribution in [0.2, 0.25) is 0 Å². The molecule has 0 radical (unpaired) electrons. The Morgan fingerprint density at radius 2 is 1.64 bits per heavy atom. The van der Waals surface area contributed by atoms with E-state index in [0.717, 1.165) is 38.0 Å². The van der Waals surface area contributed by atoms with E-state index in [1.165, 1.54) is 0 Å². The number of rotatable bonds is 4. The van der Waals surface area contributed by atoms with Gasteiger partial charge in [-0.2, -0.15) is 0 Å². The summed E-state index contributed by atoms with van der Waals surface area (Å²) < 4.78 is 0. The molecule has 1 saturated heterocycles. The SMILES string of the molecule is CCN(C(=O)c1cccc(C(=O)N2CCCCC2)n1)c1ccccc1. The monoisotopic (exact) mass is 337 g/mol. The van der Waals surface area contributed by atoms with E-state index in [4.69, 9.17) is 0 Å². The van der Waals surface area contributed by atoms with Gasteiger partial charge in [0.1, 0.15) is 11.4 Å². The Bertz CT molecular complexity index is 740. The van der Waals surface area contributed by atoms with E-state index < -0.39 is 0 Å². The molecule has 0 saturated carbocycles. The minimum Gasteiger partial charge on any atom is -0.337 e. The Morgan fingerprint density at radius 3 is 2.32 bits per heavy atom. The zero-order valence-corrected chi connectivity index (χ0v) is 14.5. The molecule has 1 aromatic heterocycles. The number of anilines is 1. The molecule has 0 bridgehead atoms. The van der Waals surface area contributed by atoms with Crippen LogP contribution in [-0.4, -0.2) is 41.3 Å². The number of amides is 2. The lowest BCUT2D eigenvalue weighted by Crippen LogP contribution is -2.36. The zero-order chi connectivity index (χ0) is 17.6. The third-order valence-electron chi connectivity index (χ3n) is 4.46. The quantitative estimate of drug-likeness (QED) is 0.859. The number of likely N-dealkylation sites (tertiary alicyclic amines) is 1. The van der Waals surface area contributed by atoms with Gasteiger partial charge in [0.15, 0.2) is 0 Å². The van der Waals surface area contributed by atoms with Crippen LogP contribution >= 0.6 is 0 Å². The van der Waals surface area contributed by atoms with Crippen LogP contribution < -0.4 is 4.90 Å². The van der Waals surface area contributed by atoms with Crippen LogP contribution in [0.25, 0.3) is 0 Å². The first-order chi connectivity index (χ1) is 12.2. The Labute approximate surface area is 148 Å². The van der Waals surface area contributed by atoms with Crippen LogP contribution in [0.4, 0.5) is 5.69 Å². The predicted octanol–water partition coefficient (Wildman–Crippen LogP) is 3.37. The van der Waals surface area contributed by atoms with E-state index in [2.05, 4.69) is 4.98 Å². The molecule has 130 valence electrons. The molecule has 5 nitrogen and oxygen atoms in total. The summed E-state index contributed by atoms with van der Waals surface area (Å²) in [5.74, 6) is -0.279. The number of benzene rings is 1. The van der Waals surface area contributed by atoms with Crippen molar-refractivity contribution in [2.75, 3.05) is 24.5 Å². The normalized spacial score (nSPS) is 14.2. The topological polar surface area (TPSA) is 53.5 Å². The van der Waals surface area contributed by atoms with Gasteiger partial charge in [0.2, 0.25) is 0 Å². The molecular weight excluding hydrogens is 314 g/mol. The fraction of sp³-hybridized carbons (Fsp3) is 0.350. The van der Waals surface area contributed by atoms with Crippen molar-refractivity contribution in [2.24, 2.45) is 0 Å². The van der Waals surface area contributed by atoms with E-state index in [9.17, 15) is 9.59 Å². The van der Waals surface area contributed by atoms with E-state index in [1.807, 2.05) is 42.2 Å². The van der Waals surface area contributed by atoms with Crippen LogP contribution in [0.1, 0.15) is 47.2 Å². The fourth-order valence-electron chi connectivity index (χ4n) is 3.12. The average Bonchev–Trinajstić information content (AvgIpc) is 2.69. The minimum atomic E-state index is -0.193. The van der Waals surface area contributed by atoms with Crippen molar-refractivity contribution in [2.45, 2.75) is 26.2 Å². The standard InChI is InChI=1S/C20H23N3O2/c1-2-23(16-10-5-3-6-11-16)20(25)18-13-9-12-17(21-18)19(24)22-14-7-4-8-15-22/h3,5-6,9-13H,2,4,7-8,14-15H2,1H3. The summed E-state index contributed by atoms with van der Waals surface area (Å²) in [6.07, 6.45) is 3.22. The molecular formula is C20H23N3O2. The highest BCUT2D eigenvalue weighted by Gasteiger charge is 2.22. The van der Waals surface area contributed by atoms with Gasteiger partial charge in [0.05, 0.1) is 0 Å². The van der Waals surface area contributed by atoms with E-state index in [0.29, 0.717) is 17.9 Å². The first-order valence-electron chi connectivity index (χ1n) is 8.84. The number of hydrogen-bond donors (Lipinski definition) is 0. The van der Waals surface area contributed by atoms with Crippen LogP contribution in [0.15, 0.2) is 48.5 Å². The summed E-state index contributed by atoms with van der Waals surface area (Å²) in [6, 6.07) is 14.6. The fourth-order valence-corrected chi connectivity index (χ4v) is 3.12. The smallest absolute Gasteiger partial charge is 0.276 e. The highest BCUT2D eigenvalue weighted by molar-refractivity contribution is 6.05. The summed E-state index contributed by atoms with van der Waals surface area (Å²) in [5.41, 5.74) is 1.47. The number of carbonyl (C=O) groups is 2. The molecule has 2 heterocycles. The first kappa shape index (κ1) is 17.1. The lowest BCUT2D eigenvalue weighted by Gasteiger charge is -2.26. The molecule has 5 heteroatoms. The number of hydrogen-bond acceptors (Lipinski definition) is 3. The lowest BCUT2D eigenvalue weighted by atomic mass is 10.1. The Kier molecular flexibility index (Phi) is 5.43. The van der Waals surface area contributed by atoms with Gasteiger partial charge in [-0.15, -0.1) is 0 Å². The zero-order valence-electron chi connectivity index (χ0n) is 14.5. The number of para-hydroxylation sites is 1. The number of nitrogens with zero attached hydrogens (tertiary/aromatic N) is 3. The molecule has 25 heavy (non-hydrogen) atoms. The van der Waals surface area contributed by atoms with Gasteiger partial charge in [0.25, 0.3) is 11.8 Å². The third kappa shape index (κ3) is 3.87. The lowest BCUT2D eigenvalue weighted by molar-refractivity contribution is 0.0718. The average molecular weight is 337 g/mol. The maximum atomic E-state index is 12.9. The number of pyridine rings is 1. The molecule has 2 aromatic rings. The van der Waals surface area contributed by atoms with Gasteiger partial charge in [-0.05, 0) is 50.5 Å². The molecule has 0 aliphatic carbocycles. The van der Waals surface area contributed by atoms with Crippen molar-refractivity contribution in [1.29, 1.82) is 0 Å². The maximum absolute atomic E-state index is 12.9. The van der Waals surface area contributed by atoms with Crippen molar-refractivity contribution in [3.63, 3.8) is 0 Å². The Hall–Kier alpha value is -2.69. The van der Waals surface area contributed by atoms with Crippen LogP contribution in [0, 0.1) is 0 Å². The molecule has 1 aromatic carbocycles. The van der Waals surface area contributed by atoms with Gasteiger partial charge in [-0.3, -0.25) is 9.59 Å². The molecule has 0 atom stereocenters. The molecule has 2 amide bonds. The van der Waals surface area contributed by atoms with Crippen LogP contribution in [0.3, 0.4) is 0 Å². The van der Waals surface area contributed by atoms with Crippen LogP contribution in [-0.2, 0) is 0 Å². The van der Waals surface area contributed by atoms with E-state index in [1.54, 1.807) is 23.1 Å². The Morgan fingerprint density at radius 1 is 0.960 bits per heavy atom. The maximum Gasteiger partial charge on any atom is 0.276 e. The largest absolute Gasteiger partial charge is 0.337 e. The predicted molar refractivity (Wildman–Crippen MR) is 97.8 cm³/mol. The van der Waals surface area contributed by atoms with Gasteiger partial charge >= 0.3 is 0 Å². The van der Waals surface area contributed by atoms with Crippen molar-refractivity contribution in [3.05, 3.63) is 59.9 Å².